The molecule has 1 aromatic carbocycles. The summed E-state index contributed by atoms with van der Waals surface area (Å²) < 4.78 is 3.60. The number of thiazole rings is 2. The van der Waals surface area contributed by atoms with Gasteiger partial charge in [0.1, 0.15) is 9.61 Å². The Labute approximate surface area is 126 Å². The monoisotopic (exact) mass is 354 g/mol. The van der Waals surface area contributed by atoms with Crippen molar-refractivity contribution in [2.24, 2.45) is 7.05 Å². The Bertz CT molecular complexity index is 802. The van der Waals surface area contributed by atoms with Gasteiger partial charge in [-0.05, 0) is 33.6 Å². The number of aromatic nitrogens is 2. The summed E-state index contributed by atoms with van der Waals surface area (Å²) in [5.74, 6) is 0.239. The molecule has 0 saturated carbocycles. The lowest BCUT2D eigenvalue weighted by molar-refractivity contribution is 0.900. The number of hydrogen-bond acceptors (Lipinski definition) is 4. The maximum atomic E-state index is 11.7. The van der Waals surface area contributed by atoms with E-state index in [0.29, 0.717) is 0 Å². The van der Waals surface area contributed by atoms with Crippen molar-refractivity contribution in [3.8, 4) is 0 Å². The minimum absolute atomic E-state index is 0.0804. The van der Waals surface area contributed by atoms with Crippen LogP contribution in [0.3, 0.4) is 0 Å². The van der Waals surface area contributed by atoms with Gasteiger partial charge < -0.3 is 4.57 Å². The van der Waals surface area contributed by atoms with Gasteiger partial charge in [0.05, 0.1) is 10.2 Å². The second kappa shape index (κ2) is 4.85. The molecule has 19 heavy (non-hydrogen) atoms. The van der Waals surface area contributed by atoms with Crippen LogP contribution in [0.15, 0.2) is 33.0 Å². The van der Waals surface area contributed by atoms with Gasteiger partial charge in [0.25, 0.3) is 0 Å². The highest BCUT2D eigenvalue weighted by molar-refractivity contribution is 9.10. The molecule has 0 N–H and O–H groups in total. The third kappa shape index (κ3) is 2.28. The molecule has 3 aromatic rings. The summed E-state index contributed by atoms with van der Waals surface area (Å²) in [7, 11) is 1.81. The normalized spacial score (nSPS) is 13.0. The van der Waals surface area contributed by atoms with E-state index in [1.54, 1.807) is 15.9 Å². The predicted octanol–water partition coefficient (Wildman–Crippen LogP) is 3.97. The highest BCUT2D eigenvalue weighted by Crippen LogP contribution is 2.30. The number of benzene rings is 1. The molecule has 2 aromatic heterocycles. The van der Waals surface area contributed by atoms with Crippen molar-refractivity contribution in [2.45, 2.75) is 12.8 Å². The van der Waals surface area contributed by atoms with Gasteiger partial charge in [-0.1, -0.05) is 24.3 Å². The number of fused-ring (bicyclic) bond motifs is 1. The highest BCUT2D eigenvalue weighted by Gasteiger charge is 2.14. The quantitative estimate of drug-likeness (QED) is 0.697. The smallest absolute Gasteiger partial charge is 0.302 e. The van der Waals surface area contributed by atoms with Gasteiger partial charge in [-0.2, -0.15) is 0 Å². The summed E-state index contributed by atoms with van der Waals surface area (Å²) >= 11 is 6.32. The molecule has 6 heteroatoms. The Hall–Kier alpha value is -0.980. The molecule has 0 bridgehead atoms. The van der Waals surface area contributed by atoms with Crippen molar-refractivity contribution in [2.75, 3.05) is 0 Å². The number of aryl methyl sites for hydroxylation is 1. The summed E-state index contributed by atoms with van der Waals surface area (Å²) in [6.07, 6.45) is 0. The molecule has 0 aliphatic heterocycles. The molecule has 2 heterocycles. The molecular weight excluding hydrogens is 344 g/mol. The molecule has 1 unspecified atom stereocenters. The van der Waals surface area contributed by atoms with Crippen LogP contribution in [0.4, 0.5) is 0 Å². The number of halogens is 1. The van der Waals surface area contributed by atoms with E-state index < -0.39 is 0 Å². The minimum Gasteiger partial charge on any atom is -0.302 e. The molecule has 0 spiro atoms. The SMILES string of the molecule is CC(c1ccc2c(c1)sc(=O)n2C)c1nc(Br)cs1. The van der Waals surface area contributed by atoms with Crippen LogP contribution >= 0.6 is 38.6 Å². The first-order chi connectivity index (χ1) is 9.06. The standard InChI is InChI=1S/C13H11BrN2OS2/c1-7(12-15-11(14)6-18-12)8-3-4-9-10(5-8)19-13(17)16(9)2/h3-7H,1-2H3. The van der Waals surface area contributed by atoms with Gasteiger partial charge in [-0.25, -0.2) is 4.98 Å². The fraction of sp³-hybridized carbons (Fsp3) is 0.231. The first-order valence-electron chi connectivity index (χ1n) is 5.76. The Balaban J connectivity index is 2.08. The zero-order valence-electron chi connectivity index (χ0n) is 10.4. The van der Waals surface area contributed by atoms with Gasteiger partial charge >= 0.3 is 4.87 Å². The molecule has 3 nitrogen and oxygen atoms in total. The van der Waals surface area contributed by atoms with Crippen LogP contribution in [-0.2, 0) is 7.05 Å². The lowest BCUT2D eigenvalue weighted by Gasteiger charge is -2.08. The third-order valence-electron chi connectivity index (χ3n) is 3.18. The Kier molecular flexibility index (Phi) is 3.32. The lowest BCUT2D eigenvalue weighted by Crippen LogP contribution is -2.06. The molecule has 0 aliphatic rings. The first-order valence-corrected chi connectivity index (χ1v) is 8.25. The second-order valence-electron chi connectivity index (χ2n) is 4.38. The van der Waals surface area contributed by atoms with Crippen molar-refractivity contribution < 1.29 is 0 Å². The summed E-state index contributed by atoms with van der Waals surface area (Å²) in [6, 6.07) is 6.19. The maximum Gasteiger partial charge on any atom is 0.307 e. The second-order valence-corrected chi connectivity index (χ2v) is 7.08. The Morgan fingerprint density at radius 1 is 1.42 bits per heavy atom. The van der Waals surface area contributed by atoms with Crippen molar-refractivity contribution in [1.29, 1.82) is 0 Å². The van der Waals surface area contributed by atoms with Crippen LogP contribution in [-0.4, -0.2) is 9.55 Å². The van der Waals surface area contributed by atoms with E-state index in [2.05, 4.69) is 40.0 Å². The summed E-state index contributed by atoms with van der Waals surface area (Å²) in [5, 5.41) is 3.07. The average Bonchev–Trinajstić information content (AvgIpc) is 2.94. The zero-order chi connectivity index (χ0) is 13.6. The van der Waals surface area contributed by atoms with Gasteiger partial charge in [-0.3, -0.25) is 4.79 Å². The van der Waals surface area contributed by atoms with Gasteiger partial charge in [0.15, 0.2) is 0 Å². The lowest BCUT2D eigenvalue weighted by atomic mass is 10.0. The van der Waals surface area contributed by atoms with Crippen LogP contribution < -0.4 is 4.87 Å². The first kappa shape index (κ1) is 13.0. The van der Waals surface area contributed by atoms with E-state index in [1.165, 1.54) is 16.9 Å². The highest BCUT2D eigenvalue weighted by atomic mass is 79.9. The number of hydrogen-bond donors (Lipinski definition) is 0. The van der Waals surface area contributed by atoms with Gasteiger partial charge in [-0.15, -0.1) is 11.3 Å². The van der Waals surface area contributed by atoms with Crippen molar-refractivity contribution in [1.82, 2.24) is 9.55 Å². The maximum absolute atomic E-state index is 11.7. The Morgan fingerprint density at radius 3 is 2.89 bits per heavy atom. The van der Waals surface area contributed by atoms with Crippen LogP contribution in [0.25, 0.3) is 10.2 Å². The van der Waals surface area contributed by atoms with Crippen molar-refractivity contribution in [3.63, 3.8) is 0 Å². The molecule has 1 atom stereocenters. The van der Waals surface area contributed by atoms with Gasteiger partial charge in [0, 0.05) is 18.3 Å². The predicted molar refractivity (Wildman–Crippen MR) is 84.4 cm³/mol. The molecule has 0 amide bonds. The minimum atomic E-state index is 0.0804. The van der Waals surface area contributed by atoms with Crippen LogP contribution in [0.5, 0.6) is 0 Å². The van der Waals surface area contributed by atoms with E-state index >= 15 is 0 Å². The number of rotatable bonds is 2. The van der Waals surface area contributed by atoms with E-state index in [4.69, 9.17) is 0 Å². The van der Waals surface area contributed by atoms with Gasteiger partial charge in [0.2, 0.25) is 0 Å². The van der Waals surface area contributed by atoms with Crippen LogP contribution in [0, 0.1) is 0 Å². The fourth-order valence-electron chi connectivity index (χ4n) is 2.03. The van der Waals surface area contributed by atoms with E-state index in [-0.39, 0.29) is 10.8 Å². The molecular formula is C13H11BrN2OS2. The van der Waals surface area contributed by atoms with Crippen molar-refractivity contribution in [3.05, 3.63) is 48.4 Å². The molecule has 3 rings (SSSR count). The molecule has 98 valence electrons. The average molecular weight is 355 g/mol. The molecule has 0 saturated heterocycles. The van der Waals surface area contributed by atoms with Crippen LogP contribution in [0.2, 0.25) is 0 Å². The Morgan fingerprint density at radius 2 is 2.21 bits per heavy atom. The molecule has 0 radical (unpaired) electrons. The molecule has 0 fully saturated rings. The van der Waals surface area contributed by atoms with E-state index in [9.17, 15) is 4.79 Å². The number of nitrogens with zero attached hydrogens (tertiary/aromatic N) is 2. The summed E-state index contributed by atoms with van der Waals surface area (Å²) in [5.41, 5.74) is 2.18. The van der Waals surface area contributed by atoms with Crippen molar-refractivity contribution >= 4 is 48.8 Å². The van der Waals surface area contributed by atoms with E-state index in [0.717, 1.165) is 19.8 Å². The topological polar surface area (TPSA) is 34.9 Å². The molecule has 0 aliphatic carbocycles. The summed E-state index contributed by atoms with van der Waals surface area (Å²) in [6.45, 7) is 2.14. The third-order valence-corrected chi connectivity index (χ3v) is 5.91. The zero-order valence-corrected chi connectivity index (χ0v) is 13.6. The van der Waals surface area contributed by atoms with Crippen LogP contribution in [0.1, 0.15) is 23.4 Å². The largest absolute Gasteiger partial charge is 0.307 e. The fourth-order valence-corrected chi connectivity index (χ4v) is 4.31. The van der Waals surface area contributed by atoms with E-state index in [1.807, 2.05) is 18.5 Å². The summed E-state index contributed by atoms with van der Waals surface area (Å²) in [4.78, 5) is 16.2.